The van der Waals surface area contributed by atoms with Gasteiger partial charge < -0.3 is 16.4 Å². The third kappa shape index (κ3) is 5.20. The maximum Gasteiger partial charge on any atom is 0.277 e. The Morgan fingerprint density at radius 1 is 1.10 bits per heavy atom. The summed E-state index contributed by atoms with van der Waals surface area (Å²) in [6.45, 7) is 0. The number of hydrogen-bond acceptors (Lipinski definition) is 6. The van der Waals surface area contributed by atoms with Gasteiger partial charge >= 0.3 is 0 Å². The first-order valence-electron chi connectivity index (χ1n) is 8.47. The topological polar surface area (TPSA) is 130 Å². The predicted molar refractivity (Wildman–Crippen MR) is 109 cm³/mol. The molecule has 11 heteroatoms. The van der Waals surface area contributed by atoms with Crippen molar-refractivity contribution >= 4 is 40.8 Å². The zero-order valence-electron chi connectivity index (χ0n) is 15.2. The van der Waals surface area contributed by atoms with E-state index in [1.54, 1.807) is 30.3 Å². The van der Waals surface area contributed by atoms with E-state index in [0.717, 1.165) is 23.9 Å². The van der Waals surface area contributed by atoms with E-state index in [0.29, 0.717) is 11.6 Å². The van der Waals surface area contributed by atoms with Gasteiger partial charge in [-0.25, -0.2) is 13.8 Å². The molecule has 5 N–H and O–H groups in total. The summed E-state index contributed by atoms with van der Waals surface area (Å²) in [5, 5.41) is 4.71. The van der Waals surface area contributed by atoms with Crippen molar-refractivity contribution in [3.63, 3.8) is 0 Å². The molecule has 30 heavy (non-hydrogen) atoms. The second-order valence-electron chi connectivity index (χ2n) is 5.91. The van der Waals surface area contributed by atoms with Crippen LogP contribution in [0.15, 0.2) is 58.5 Å². The molecule has 2 amide bonds. The van der Waals surface area contributed by atoms with Crippen LogP contribution in [0.5, 0.6) is 0 Å². The molecule has 0 saturated carbocycles. The van der Waals surface area contributed by atoms with Gasteiger partial charge in [-0.2, -0.15) is 0 Å². The quantitative estimate of drug-likeness (QED) is 0.351. The number of nitrogens with one attached hydrogen (secondary N) is 3. The lowest BCUT2D eigenvalue weighted by molar-refractivity contribution is -0.113. The highest BCUT2D eigenvalue weighted by Gasteiger charge is 2.15. The summed E-state index contributed by atoms with van der Waals surface area (Å²) in [6.07, 6.45) is 0. The summed E-state index contributed by atoms with van der Waals surface area (Å²) in [6, 6.07) is 11.0. The number of halogens is 2. The average molecular weight is 431 g/mol. The second kappa shape index (κ2) is 9.18. The van der Waals surface area contributed by atoms with E-state index in [4.69, 9.17) is 5.73 Å². The zero-order chi connectivity index (χ0) is 21.7. The molecule has 0 radical (unpaired) electrons. The van der Waals surface area contributed by atoms with Crippen LogP contribution in [0.2, 0.25) is 0 Å². The first-order chi connectivity index (χ1) is 14.3. The number of carbonyl (C=O) groups is 2. The number of rotatable bonds is 6. The number of benzene rings is 2. The van der Waals surface area contributed by atoms with Crippen LogP contribution in [0.25, 0.3) is 0 Å². The van der Waals surface area contributed by atoms with E-state index >= 15 is 0 Å². The molecule has 0 saturated heterocycles. The van der Waals surface area contributed by atoms with Crippen LogP contribution >= 0.6 is 11.8 Å². The third-order valence-electron chi connectivity index (χ3n) is 3.75. The Hall–Kier alpha value is -3.73. The van der Waals surface area contributed by atoms with Gasteiger partial charge in [-0.3, -0.25) is 19.4 Å². The number of carbonyl (C=O) groups excluding carboxylic acids is 2. The Kier molecular flexibility index (Phi) is 6.42. The lowest BCUT2D eigenvalue weighted by Crippen LogP contribution is -2.23. The fourth-order valence-electron chi connectivity index (χ4n) is 2.34. The monoisotopic (exact) mass is 431 g/mol. The van der Waals surface area contributed by atoms with Crippen LogP contribution in [-0.4, -0.2) is 27.5 Å². The Bertz CT molecular complexity index is 1150. The summed E-state index contributed by atoms with van der Waals surface area (Å²) in [5.41, 5.74) is 5.01. The van der Waals surface area contributed by atoms with Crippen molar-refractivity contribution in [3.8, 4) is 0 Å². The Morgan fingerprint density at radius 3 is 2.50 bits per heavy atom. The Morgan fingerprint density at radius 2 is 1.83 bits per heavy atom. The van der Waals surface area contributed by atoms with Gasteiger partial charge in [0.15, 0.2) is 11.0 Å². The number of aromatic nitrogens is 2. The number of anilines is 3. The number of amides is 2. The number of nitrogens with two attached hydrogens (primary N) is 1. The van der Waals surface area contributed by atoms with Crippen molar-refractivity contribution < 1.29 is 18.4 Å². The lowest BCUT2D eigenvalue weighted by Gasteiger charge is -2.09. The average Bonchev–Trinajstić information content (AvgIpc) is 2.72. The Balaban J connectivity index is 1.64. The van der Waals surface area contributed by atoms with E-state index in [2.05, 4.69) is 20.6 Å². The molecule has 0 bridgehead atoms. The molecule has 154 valence electrons. The molecule has 1 aromatic heterocycles. The highest BCUT2D eigenvalue weighted by molar-refractivity contribution is 7.99. The van der Waals surface area contributed by atoms with E-state index in [-0.39, 0.29) is 28.1 Å². The number of hydrogen-bond donors (Lipinski definition) is 4. The number of aromatic amines is 1. The number of H-pyrrole nitrogens is 1. The highest BCUT2D eigenvalue weighted by atomic mass is 32.2. The van der Waals surface area contributed by atoms with Crippen molar-refractivity contribution in [1.29, 1.82) is 0 Å². The molecule has 0 atom stereocenters. The fraction of sp³-hybridized carbons (Fsp3) is 0.0526. The summed E-state index contributed by atoms with van der Waals surface area (Å²) in [5.74, 6) is -3.27. The molecule has 3 rings (SSSR count). The van der Waals surface area contributed by atoms with Crippen LogP contribution in [0.1, 0.15) is 10.4 Å². The maximum absolute atomic E-state index is 13.6. The van der Waals surface area contributed by atoms with E-state index in [1.807, 2.05) is 0 Å². The SMILES string of the molecule is Nc1nc(SCC(=O)Nc2ccc(F)cc2F)[nH]c(=O)c1NC(=O)c1ccccc1. The maximum atomic E-state index is 13.6. The summed E-state index contributed by atoms with van der Waals surface area (Å²) in [4.78, 5) is 42.8. The van der Waals surface area contributed by atoms with Crippen LogP contribution in [0.4, 0.5) is 26.0 Å². The standard InChI is InChI=1S/C19H15F2N5O3S/c20-11-6-7-13(12(21)8-11)23-14(27)9-30-19-25-16(22)15(18(29)26-19)24-17(28)10-4-2-1-3-5-10/h1-8H,9H2,(H,23,27)(H,24,28)(H3,22,25,26,29). The van der Waals surface area contributed by atoms with Crippen molar-refractivity contribution in [2.24, 2.45) is 0 Å². The molecule has 0 aliphatic rings. The third-order valence-corrected chi connectivity index (χ3v) is 4.62. The van der Waals surface area contributed by atoms with Gasteiger partial charge in [-0.1, -0.05) is 30.0 Å². The molecular formula is C19H15F2N5O3S. The highest BCUT2D eigenvalue weighted by Crippen LogP contribution is 2.19. The fourth-order valence-corrected chi connectivity index (χ4v) is 3.01. The molecular weight excluding hydrogens is 416 g/mol. The number of thioether (sulfide) groups is 1. The van der Waals surface area contributed by atoms with E-state index in [1.165, 1.54) is 0 Å². The molecule has 1 heterocycles. The summed E-state index contributed by atoms with van der Waals surface area (Å²) < 4.78 is 26.5. The second-order valence-corrected chi connectivity index (χ2v) is 6.88. The molecule has 0 aliphatic heterocycles. The van der Waals surface area contributed by atoms with Crippen LogP contribution in [0, 0.1) is 11.6 Å². The van der Waals surface area contributed by atoms with Crippen molar-refractivity contribution in [2.75, 3.05) is 22.1 Å². The van der Waals surface area contributed by atoms with Crippen LogP contribution in [0.3, 0.4) is 0 Å². The van der Waals surface area contributed by atoms with Gasteiger partial charge in [-0.15, -0.1) is 0 Å². The van der Waals surface area contributed by atoms with Crippen LogP contribution < -0.4 is 21.9 Å². The summed E-state index contributed by atoms with van der Waals surface area (Å²) in [7, 11) is 0. The minimum absolute atomic E-state index is 0.0324. The molecule has 0 aliphatic carbocycles. The van der Waals surface area contributed by atoms with Crippen molar-refractivity contribution in [2.45, 2.75) is 5.16 Å². The normalized spacial score (nSPS) is 10.5. The number of nitrogen functional groups attached to an aromatic ring is 1. The van der Waals surface area contributed by atoms with E-state index < -0.39 is 29.0 Å². The lowest BCUT2D eigenvalue weighted by atomic mass is 10.2. The van der Waals surface area contributed by atoms with Gasteiger partial charge in [0.05, 0.1) is 11.4 Å². The summed E-state index contributed by atoms with van der Waals surface area (Å²) >= 11 is 0.841. The molecule has 0 fully saturated rings. The number of nitrogens with zero attached hydrogens (tertiary/aromatic N) is 1. The van der Waals surface area contributed by atoms with Crippen molar-refractivity contribution in [3.05, 3.63) is 76.1 Å². The van der Waals surface area contributed by atoms with Gasteiger partial charge in [0.2, 0.25) is 5.91 Å². The minimum atomic E-state index is -0.914. The predicted octanol–water partition coefficient (Wildman–Crippen LogP) is 2.61. The molecule has 0 unspecified atom stereocenters. The van der Waals surface area contributed by atoms with Gasteiger partial charge in [0.1, 0.15) is 17.3 Å². The molecule has 0 spiro atoms. The van der Waals surface area contributed by atoms with Gasteiger partial charge in [0, 0.05) is 11.6 Å². The minimum Gasteiger partial charge on any atom is -0.382 e. The Labute approximate surface area is 172 Å². The van der Waals surface area contributed by atoms with Gasteiger partial charge in [-0.05, 0) is 24.3 Å². The first-order valence-corrected chi connectivity index (χ1v) is 9.46. The smallest absolute Gasteiger partial charge is 0.277 e. The largest absolute Gasteiger partial charge is 0.382 e. The van der Waals surface area contributed by atoms with E-state index in [9.17, 15) is 23.2 Å². The first kappa shape index (κ1) is 21.0. The van der Waals surface area contributed by atoms with Gasteiger partial charge in [0.25, 0.3) is 11.5 Å². The molecule has 8 nitrogen and oxygen atoms in total. The molecule has 3 aromatic rings. The van der Waals surface area contributed by atoms with Crippen molar-refractivity contribution in [1.82, 2.24) is 9.97 Å². The zero-order valence-corrected chi connectivity index (χ0v) is 16.1. The van der Waals surface area contributed by atoms with Crippen LogP contribution in [-0.2, 0) is 4.79 Å². The molecule has 2 aromatic carbocycles.